The van der Waals surface area contributed by atoms with E-state index in [4.69, 9.17) is 0 Å². The Hall–Kier alpha value is -2.23. The van der Waals surface area contributed by atoms with Gasteiger partial charge in [-0.15, -0.1) is 0 Å². The van der Waals surface area contributed by atoms with Gasteiger partial charge in [0.25, 0.3) is 0 Å². The monoisotopic (exact) mass is 605 g/mol. The zero-order valence-corrected chi connectivity index (χ0v) is 26.0. The first-order valence-electron chi connectivity index (χ1n) is 12.8. The molecule has 7 nitrogen and oxygen atoms in total. The van der Waals surface area contributed by atoms with Crippen molar-refractivity contribution in [3.63, 3.8) is 0 Å². The summed E-state index contributed by atoms with van der Waals surface area (Å²) in [5.74, 6) is 0.568. The van der Waals surface area contributed by atoms with Crippen LogP contribution in [0.4, 0.5) is 0 Å². The van der Waals surface area contributed by atoms with Crippen molar-refractivity contribution in [1.29, 1.82) is 0 Å². The zero-order valence-electron chi connectivity index (χ0n) is 23.6. The molecule has 0 saturated carbocycles. The number of amidine groups is 1. The second-order valence-electron chi connectivity index (χ2n) is 12.4. The number of benzene rings is 2. The number of carbonyl (C=O) groups is 1. The highest BCUT2D eigenvalue weighted by molar-refractivity contribution is 9.08. The maximum absolute atomic E-state index is 13.8. The molecule has 2 atom stereocenters. The molecule has 2 aromatic rings. The van der Waals surface area contributed by atoms with Crippen LogP contribution in [0.3, 0.4) is 0 Å². The number of hydrogen-bond acceptors (Lipinski definition) is 5. The van der Waals surface area contributed by atoms with E-state index >= 15 is 0 Å². The summed E-state index contributed by atoms with van der Waals surface area (Å²) >= 11 is 3.29. The Balaban J connectivity index is 2.01. The van der Waals surface area contributed by atoms with E-state index < -0.39 is 10.0 Å². The number of Topliss-reactive ketones (excluding diaryl/α,β-unsaturated/α-hetero) is 1. The second kappa shape index (κ2) is 11.1. The predicted molar refractivity (Wildman–Crippen MR) is 158 cm³/mol. The molecule has 0 aromatic heterocycles. The number of rotatable bonds is 7. The fourth-order valence-corrected chi connectivity index (χ4v) is 5.96. The summed E-state index contributed by atoms with van der Waals surface area (Å²) in [5, 5.41) is 11.1. The molecular weight excluding hydrogens is 566 g/mol. The Bertz CT molecular complexity index is 1280. The molecule has 0 unspecified atom stereocenters. The third-order valence-electron chi connectivity index (χ3n) is 7.21. The van der Waals surface area contributed by atoms with E-state index in [0.717, 1.165) is 16.7 Å². The molecule has 0 bridgehead atoms. The Morgan fingerprint density at radius 3 is 2.05 bits per heavy atom. The maximum Gasteiger partial charge on any atom is 0.210 e. The summed E-state index contributed by atoms with van der Waals surface area (Å²) in [6, 6.07) is 13.5. The van der Waals surface area contributed by atoms with Crippen LogP contribution in [0.25, 0.3) is 0 Å². The first kappa shape index (κ1) is 30.3. The minimum Gasteiger partial charge on any atom is -0.507 e. The number of likely N-dealkylation sites (tertiary alicyclic amines) is 1. The molecule has 0 spiro atoms. The number of halogens is 1. The molecule has 0 aliphatic carbocycles. The third kappa shape index (κ3) is 6.66. The molecule has 1 fully saturated rings. The Labute approximate surface area is 236 Å². The molecule has 3 rings (SSSR count). The standard InChI is InChI=1S/C29H40BrN3O4S/c1-28(2,3)22-14-20(15-23(26(22)35)29(4,5)6)24(34)18-33-17-21(16-32(7)38(8,36)37)25(27(33)31-30)19-12-10-9-11-13-19/h9-15,21,25,35H,16-18H2,1-8H3/t21-,25+/m0/s1. The van der Waals surface area contributed by atoms with Crippen LogP contribution in [0.15, 0.2) is 46.5 Å². The van der Waals surface area contributed by atoms with Gasteiger partial charge < -0.3 is 10.0 Å². The summed E-state index contributed by atoms with van der Waals surface area (Å²) in [6.45, 7) is 13.0. The number of phenols is 1. The normalized spacial score (nSPS) is 19.9. The Kier molecular flexibility index (Phi) is 8.85. The minimum atomic E-state index is -3.37. The number of nitrogens with zero attached hydrogens (tertiary/aromatic N) is 3. The SMILES string of the molecule is CN(C[C@H]1CN(CC(=O)c2cc(C(C)(C)C)c(O)c(C(C)(C)C)c2)C(=NBr)[C@@H]1c1ccccc1)S(C)(=O)=O. The Morgan fingerprint density at radius 1 is 1.08 bits per heavy atom. The molecular formula is C29H40BrN3O4S. The molecule has 1 aliphatic rings. The van der Waals surface area contributed by atoms with E-state index in [-0.39, 0.29) is 40.7 Å². The lowest BCUT2D eigenvalue weighted by atomic mass is 9.78. The summed E-state index contributed by atoms with van der Waals surface area (Å²) in [7, 11) is -1.79. The largest absolute Gasteiger partial charge is 0.507 e. The Morgan fingerprint density at radius 2 is 1.61 bits per heavy atom. The fourth-order valence-electron chi connectivity index (χ4n) is 5.06. The number of ketones is 1. The minimum absolute atomic E-state index is 0.0846. The highest BCUT2D eigenvalue weighted by Crippen LogP contribution is 2.40. The molecule has 1 saturated heterocycles. The van der Waals surface area contributed by atoms with Crippen LogP contribution in [0.1, 0.15) is 74.5 Å². The number of carbonyl (C=O) groups excluding carboxylic acids is 1. The van der Waals surface area contributed by atoms with Gasteiger partial charge in [0.1, 0.15) is 11.6 Å². The van der Waals surface area contributed by atoms with Crippen molar-refractivity contribution in [1.82, 2.24) is 9.21 Å². The topological polar surface area (TPSA) is 90.3 Å². The third-order valence-corrected chi connectivity index (χ3v) is 8.86. The van der Waals surface area contributed by atoms with Crippen molar-refractivity contribution < 1.29 is 18.3 Å². The quantitative estimate of drug-likeness (QED) is 0.422. The number of aromatic hydroxyl groups is 1. The number of phenolic OH excluding ortho intramolecular Hbond substituents is 1. The average molecular weight is 607 g/mol. The van der Waals surface area contributed by atoms with Gasteiger partial charge in [0.2, 0.25) is 10.0 Å². The van der Waals surface area contributed by atoms with Crippen LogP contribution in [0.2, 0.25) is 0 Å². The van der Waals surface area contributed by atoms with Crippen LogP contribution in [0.5, 0.6) is 5.75 Å². The molecule has 2 aromatic carbocycles. The van der Waals surface area contributed by atoms with Crippen molar-refractivity contribution >= 4 is 37.8 Å². The van der Waals surface area contributed by atoms with Gasteiger partial charge in [0, 0.05) is 48.7 Å². The van der Waals surface area contributed by atoms with Crippen LogP contribution in [0, 0.1) is 5.92 Å². The van der Waals surface area contributed by atoms with Gasteiger partial charge >= 0.3 is 0 Å². The maximum atomic E-state index is 13.8. The van der Waals surface area contributed by atoms with Gasteiger partial charge in [-0.2, -0.15) is 4.02 Å². The van der Waals surface area contributed by atoms with Crippen molar-refractivity contribution in [3.05, 3.63) is 64.7 Å². The highest BCUT2D eigenvalue weighted by Gasteiger charge is 2.41. The van der Waals surface area contributed by atoms with Crippen LogP contribution in [-0.2, 0) is 20.9 Å². The molecule has 1 heterocycles. The summed E-state index contributed by atoms with van der Waals surface area (Å²) in [5.41, 5.74) is 2.33. The molecule has 38 heavy (non-hydrogen) atoms. The second-order valence-corrected chi connectivity index (χ2v) is 14.8. The summed E-state index contributed by atoms with van der Waals surface area (Å²) in [6.07, 6.45) is 1.20. The van der Waals surface area contributed by atoms with Crippen molar-refractivity contribution in [2.24, 2.45) is 9.94 Å². The molecule has 0 radical (unpaired) electrons. The van der Waals surface area contributed by atoms with Gasteiger partial charge in [0.05, 0.1) is 28.9 Å². The van der Waals surface area contributed by atoms with E-state index in [2.05, 4.69) is 20.2 Å². The van der Waals surface area contributed by atoms with Crippen LogP contribution >= 0.6 is 16.1 Å². The highest BCUT2D eigenvalue weighted by atomic mass is 79.9. The van der Waals surface area contributed by atoms with E-state index in [9.17, 15) is 18.3 Å². The summed E-state index contributed by atoms with van der Waals surface area (Å²) in [4.78, 5) is 15.7. The van der Waals surface area contributed by atoms with Gasteiger partial charge in [0.15, 0.2) is 5.78 Å². The fraction of sp³-hybridized carbons (Fsp3) is 0.517. The van der Waals surface area contributed by atoms with Gasteiger partial charge in [-0.3, -0.25) is 4.79 Å². The molecule has 0 amide bonds. The lowest BCUT2D eigenvalue weighted by Gasteiger charge is -2.28. The first-order valence-corrected chi connectivity index (χ1v) is 15.3. The van der Waals surface area contributed by atoms with Crippen molar-refractivity contribution in [3.8, 4) is 5.75 Å². The molecule has 1 aliphatic heterocycles. The summed E-state index contributed by atoms with van der Waals surface area (Å²) < 4.78 is 30.2. The molecule has 9 heteroatoms. The molecule has 208 valence electrons. The number of sulfonamides is 1. The first-order chi connectivity index (χ1) is 17.4. The van der Waals surface area contributed by atoms with Crippen LogP contribution in [-0.4, -0.2) is 67.3 Å². The number of hydrogen-bond donors (Lipinski definition) is 1. The predicted octanol–water partition coefficient (Wildman–Crippen LogP) is 5.49. The lowest BCUT2D eigenvalue weighted by Crippen LogP contribution is -2.34. The van der Waals surface area contributed by atoms with E-state index in [1.807, 2.05) is 76.8 Å². The van der Waals surface area contributed by atoms with Crippen molar-refractivity contribution in [2.75, 3.05) is 32.9 Å². The van der Waals surface area contributed by atoms with Gasteiger partial charge in [-0.25, -0.2) is 12.7 Å². The van der Waals surface area contributed by atoms with E-state index in [1.54, 1.807) is 19.2 Å². The van der Waals surface area contributed by atoms with Crippen molar-refractivity contribution in [2.45, 2.75) is 58.3 Å². The zero-order chi connectivity index (χ0) is 28.6. The van der Waals surface area contributed by atoms with E-state index in [1.165, 1.54) is 10.6 Å². The van der Waals surface area contributed by atoms with Gasteiger partial charge in [-0.1, -0.05) is 71.9 Å². The lowest BCUT2D eigenvalue weighted by molar-refractivity contribution is 0.0963. The van der Waals surface area contributed by atoms with Crippen LogP contribution < -0.4 is 0 Å². The van der Waals surface area contributed by atoms with E-state index in [0.29, 0.717) is 24.5 Å². The average Bonchev–Trinajstić information content (AvgIpc) is 3.13. The molecule has 1 N–H and O–H groups in total. The smallest absolute Gasteiger partial charge is 0.210 e. The van der Waals surface area contributed by atoms with Gasteiger partial charge in [-0.05, 0) is 28.5 Å².